The number of aromatic nitrogens is 2. The summed E-state index contributed by atoms with van der Waals surface area (Å²) in [4.78, 5) is 0. The Balaban J connectivity index is 2.07. The number of halogens is 1. The monoisotopic (exact) mass is 276 g/mol. The number of methoxy groups -OCH3 is 1. The summed E-state index contributed by atoms with van der Waals surface area (Å²) in [6, 6.07) is 7.22. The fraction of sp³-hybridized carbons (Fsp3) is 0.231. The Kier molecular flexibility index (Phi) is 4.39. The number of ether oxygens (including phenoxy) is 1. The third kappa shape index (κ3) is 3.47. The van der Waals surface area contributed by atoms with E-state index < -0.39 is 0 Å². The highest BCUT2D eigenvalue weighted by atomic mass is 35.5. The molecule has 0 atom stereocenters. The van der Waals surface area contributed by atoms with E-state index in [4.69, 9.17) is 21.6 Å². The molecule has 0 aliphatic heterocycles. The lowest BCUT2D eigenvalue weighted by molar-refractivity contribution is 0.183. The molecule has 0 radical (unpaired) electrons. The average molecular weight is 277 g/mol. The SMILES string of the molecule is COCCn1cc(Nc2ccc(C#N)c(Cl)c2)cn1. The summed E-state index contributed by atoms with van der Waals surface area (Å²) in [6.07, 6.45) is 3.60. The van der Waals surface area contributed by atoms with Gasteiger partial charge in [0.15, 0.2) is 0 Å². The molecule has 1 aromatic carbocycles. The third-order valence-corrected chi connectivity index (χ3v) is 2.85. The van der Waals surface area contributed by atoms with Crippen LogP contribution in [0.2, 0.25) is 5.02 Å². The molecule has 6 heteroatoms. The van der Waals surface area contributed by atoms with E-state index in [1.54, 1.807) is 36.2 Å². The first-order chi connectivity index (χ1) is 9.22. The van der Waals surface area contributed by atoms with Crippen LogP contribution in [0.15, 0.2) is 30.6 Å². The number of rotatable bonds is 5. The van der Waals surface area contributed by atoms with Crippen LogP contribution in [0.25, 0.3) is 0 Å². The van der Waals surface area contributed by atoms with Crippen molar-refractivity contribution >= 4 is 23.0 Å². The van der Waals surface area contributed by atoms with Gasteiger partial charge >= 0.3 is 0 Å². The van der Waals surface area contributed by atoms with Crippen molar-refractivity contribution < 1.29 is 4.74 Å². The van der Waals surface area contributed by atoms with Gasteiger partial charge in [-0.1, -0.05) is 11.6 Å². The average Bonchev–Trinajstić information content (AvgIpc) is 2.84. The molecular formula is C13H13ClN4O. The Morgan fingerprint density at radius 2 is 2.32 bits per heavy atom. The quantitative estimate of drug-likeness (QED) is 0.912. The summed E-state index contributed by atoms with van der Waals surface area (Å²) in [6.45, 7) is 1.32. The van der Waals surface area contributed by atoms with Crippen LogP contribution in [0.5, 0.6) is 0 Å². The Bertz CT molecular complexity index is 603. The van der Waals surface area contributed by atoms with Crippen LogP contribution in [0, 0.1) is 11.3 Å². The maximum Gasteiger partial charge on any atom is 0.101 e. The second kappa shape index (κ2) is 6.23. The minimum Gasteiger partial charge on any atom is -0.383 e. The van der Waals surface area contributed by atoms with E-state index in [2.05, 4.69) is 10.4 Å². The highest BCUT2D eigenvalue weighted by Crippen LogP contribution is 2.23. The number of hydrogen-bond acceptors (Lipinski definition) is 4. The summed E-state index contributed by atoms with van der Waals surface area (Å²) in [5.41, 5.74) is 2.13. The second-order valence-corrected chi connectivity index (χ2v) is 4.32. The maximum atomic E-state index is 8.80. The Labute approximate surface area is 116 Å². The van der Waals surface area contributed by atoms with Crippen molar-refractivity contribution in [2.24, 2.45) is 0 Å². The lowest BCUT2D eigenvalue weighted by Gasteiger charge is -2.04. The van der Waals surface area contributed by atoms with Gasteiger partial charge in [0.1, 0.15) is 6.07 Å². The van der Waals surface area contributed by atoms with Gasteiger partial charge in [-0.2, -0.15) is 10.4 Å². The summed E-state index contributed by atoms with van der Waals surface area (Å²) >= 11 is 5.97. The van der Waals surface area contributed by atoms with E-state index in [-0.39, 0.29) is 0 Å². The van der Waals surface area contributed by atoms with Crippen LogP contribution < -0.4 is 5.32 Å². The normalized spacial score (nSPS) is 10.2. The first kappa shape index (κ1) is 13.4. The van der Waals surface area contributed by atoms with Gasteiger partial charge in [-0.3, -0.25) is 4.68 Å². The van der Waals surface area contributed by atoms with E-state index in [0.717, 1.165) is 11.4 Å². The molecule has 1 heterocycles. The van der Waals surface area contributed by atoms with Crippen molar-refractivity contribution in [3.05, 3.63) is 41.2 Å². The van der Waals surface area contributed by atoms with Gasteiger partial charge < -0.3 is 10.1 Å². The molecular weight excluding hydrogens is 264 g/mol. The van der Waals surface area contributed by atoms with Crippen molar-refractivity contribution in [2.75, 3.05) is 19.0 Å². The van der Waals surface area contributed by atoms with Gasteiger partial charge in [0.25, 0.3) is 0 Å². The molecule has 0 aliphatic carbocycles. The zero-order chi connectivity index (χ0) is 13.7. The van der Waals surface area contributed by atoms with Crippen molar-refractivity contribution in [1.82, 2.24) is 9.78 Å². The van der Waals surface area contributed by atoms with Gasteiger partial charge in [-0.05, 0) is 18.2 Å². The molecule has 0 saturated heterocycles. The number of nitrogens with zero attached hydrogens (tertiary/aromatic N) is 3. The number of hydrogen-bond donors (Lipinski definition) is 1. The van der Waals surface area contributed by atoms with Crippen LogP contribution in [0.3, 0.4) is 0 Å². The largest absolute Gasteiger partial charge is 0.383 e. The predicted molar refractivity (Wildman–Crippen MR) is 73.6 cm³/mol. The van der Waals surface area contributed by atoms with Gasteiger partial charge in [0.05, 0.1) is 35.6 Å². The molecule has 0 amide bonds. The standard InChI is InChI=1S/C13H13ClN4O/c1-19-5-4-18-9-12(8-16-18)17-11-3-2-10(7-15)13(14)6-11/h2-3,6,8-9,17H,4-5H2,1H3. The minimum atomic E-state index is 0.430. The highest BCUT2D eigenvalue weighted by molar-refractivity contribution is 6.32. The lowest BCUT2D eigenvalue weighted by Crippen LogP contribution is -2.03. The number of anilines is 2. The van der Waals surface area contributed by atoms with Crippen molar-refractivity contribution in [1.29, 1.82) is 5.26 Å². The van der Waals surface area contributed by atoms with E-state index in [9.17, 15) is 0 Å². The maximum absolute atomic E-state index is 8.80. The Morgan fingerprint density at radius 3 is 3.00 bits per heavy atom. The predicted octanol–water partition coefficient (Wildman–Crippen LogP) is 2.80. The zero-order valence-electron chi connectivity index (χ0n) is 10.4. The lowest BCUT2D eigenvalue weighted by atomic mass is 10.2. The molecule has 0 unspecified atom stereocenters. The van der Waals surface area contributed by atoms with Gasteiger partial charge in [-0.15, -0.1) is 0 Å². The molecule has 19 heavy (non-hydrogen) atoms. The van der Waals surface area contributed by atoms with Crippen LogP contribution >= 0.6 is 11.6 Å². The van der Waals surface area contributed by atoms with E-state index >= 15 is 0 Å². The molecule has 2 rings (SSSR count). The topological polar surface area (TPSA) is 62.9 Å². The molecule has 0 spiro atoms. The molecule has 98 valence electrons. The molecule has 0 bridgehead atoms. The first-order valence-electron chi connectivity index (χ1n) is 5.71. The van der Waals surface area contributed by atoms with Crippen LogP contribution in [0.1, 0.15) is 5.56 Å². The molecule has 0 saturated carbocycles. The Hall–Kier alpha value is -2.03. The van der Waals surface area contributed by atoms with Crippen LogP contribution in [-0.4, -0.2) is 23.5 Å². The molecule has 1 N–H and O–H groups in total. The van der Waals surface area contributed by atoms with Gasteiger partial charge in [0, 0.05) is 19.0 Å². The third-order valence-electron chi connectivity index (χ3n) is 2.54. The van der Waals surface area contributed by atoms with E-state index in [1.165, 1.54) is 0 Å². The minimum absolute atomic E-state index is 0.430. The number of nitriles is 1. The van der Waals surface area contributed by atoms with Crippen LogP contribution in [0.4, 0.5) is 11.4 Å². The fourth-order valence-electron chi connectivity index (χ4n) is 1.59. The molecule has 1 aromatic heterocycles. The fourth-order valence-corrected chi connectivity index (χ4v) is 1.81. The van der Waals surface area contributed by atoms with Gasteiger partial charge in [0.2, 0.25) is 0 Å². The second-order valence-electron chi connectivity index (χ2n) is 3.92. The summed E-state index contributed by atoms with van der Waals surface area (Å²) in [5, 5.41) is 16.6. The molecule has 0 aliphatic rings. The smallest absolute Gasteiger partial charge is 0.101 e. The van der Waals surface area contributed by atoms with Crippen molar-refractivity contribution in [3.8, 4) is 6.07 Å². The summed E-state index contributed by atoms with van der Waals surface area (Å²) < 4.78 is 6.77. The van der Waals surface area contributed by atoms with Gasteiger partial charge in [-0.25, -0.2) is 0 Å². The number of nitrogens with one attached hydrogen (secondary N) is 1. The van der Waals surface area contributed by atoms with Crippen molar-refractivity contribution in [2.45, 2.75) is 6.54 Å². The van der Waals surface area contributed by atoms with E-state index in [0.29, 0.717) is 23.7 Å². The molecule has 0 fully saturated rings. The van der Waals surface area contributed by atoms with Crippen LogP contribution in [-0.2, 0) is 11.3 Å². The highest BCUT2D eigenvalue weighted by Gasteiger charge is 2.03. The Morgan fingerprint density at radius 1 is 1.47 bits per heavy atom. The molecule has 2 aromatic rings. The summed E-state index contributed by atoms with van der Waals surface area (Å²) in [5.74, 6) is 0. The zero-order valence-corrected chi connectivity index (χ0v) is 11.2. The van der Waals surface area contributed by atoms with Crippen molar-refractivity contribution in [3.63, 3.8) is 0 Å². The van der Waals surface area contributed by atoms with E-state index in [1.807, 2.05) is 12.3 Å². The number of benzene rings is 1. The molecule has 5 nitrogen and oxygen atoms in total. The summed E-state index contributed by atoms with van der Waals surface area (Å²) in [7, 11) is 1.65. The first-order valence-corrected chi connectivity index (χ1v) is 6.09.